The molecule has 0 aromatic heterocycles. The molecule has 0 unspecified atom stereocenters. The van der Waals surface area contributed by atoms with Crippen molar-refractivity contribution < 1.29 is 27.2 Å². The van der Waals surface area contributed by atoms with Crippen LogP contribution in [-0.2, 0) is 10.1 Å². The van der Waals surface area contributed by atoms with Crippen LogP contribution in [0.3, 0.4) is 0 Å². The third kappa shape index (κ3) is 7.25. The maximum atomic E-state index is 10.8. The van der Waals surface area contributed by atoms with Gasteiger partial charge in [-0.2, -0.15) is 0 Å². The largest absolute Gasteiger partial charge is 0.744 e. The van der Waals surface area contributed by atoms with Crippen molar-refractivity contribution >= 4 is 10.1 Å². The second kappa shape index (κ2) is 11.1. The van der Waals surface area contributed by atoms with Gasteiger partial charge in [-0.1, -0.05) is 17.7 Å². The lowest BCUT2D eigenvalue weighted by molar-refractivity contribution is 0.304. The van der Waals surface area contributed by atoms with Crippen molar-refractivity contribution in [2.45, 2.75) is 53.4 Å². The summed E-state index contributed by atoms with van der Waals surface area (Å²) in [6.45, 7) is 14.9. The molecule has 0 heterocycles. The normalized spacial score (nSPS) is 10.8. The topological polar surface area (TPSA) is 84.9 Å². The highest BCUT2D eigenvalue weighted by atomic mass is 32.2. The first-order valence-electron chi connectivity index (χ1n) is 9.61. The zero-order valence-electron chi connectivity index (χ0n) is 18.3. The Hall–Kier alpha value is -2.25. The van der Waals surface area contributed by atoms with Gasteiger partial charge < -0.3 is 18.8 Å². The van der Waals surface area contributed by atoms with Gasteiger partial charge in [0.2, 0.25) is 0 Å². The Balaban J connectivity index is 0.000000296. The van der Waals surface area contributed by atoms with Gasteiger partial charge in [0.1, 0.15) is 27.4 Å². The maximum absolute atomic E-state index is 10.8. The van der Waals surface area contributed by atoms with Crippen molar-refractivity contribution in [2.75, 3.05) is 19.8 Å². The summed E-state index contributed by atoms with van der Waals surface area (Å²) >= 11 is 0. The fourth-order valence-electron chi connectivity index (χ4n) is 3.06. The van der Waals surface area contributed by atoms with Crippen molar-refractivity contribution in [3.63, 3.8) is 0 Å². The van der Waals surface area contributed by atoms with Gasteiger partial charge in [-0.25, -0.2) is 8.42 Å². The van der Waals surface area contributed by atoms with Crippen molar-refractivity contribution in [3.05, 3.63) is 46.5 Å². The summed E-state index contributed by atoms with van der Waals surface area (Å²) in [6, 6.07) is 7.20. The van der Waals surface area contributed by atoms with E-state index in [4.69, 9.17) is 14.2 Å². The van der Waals surface area contributed by atoms with Crippen LogP contribution in [0.2, 0.25) is 0 Å². The number of hydrogen-bond acceptors (Lipinski definition) is 6. The first kappa shape index (κ1) is 24.8. The SMILES string of the molecule is CCOc1cc(OCC)c(C)c(OCC)c1.Cc1cc(C)c(S(=O)(=O)[O-])c(C)c1. The molecule has 0 N–H and O–H groups in total. The van der Waals surface area contributed by atoms with E-state index in [1.54, 1.807) is 26.0 Å². The lowest BCUT2D eigenvalue weighted by Gasteiger charge is -2.14. The highest BCUT2D eigenvalue weighted by Crippen LogP contribution is 2.33. The van der Waals surface area contributed by atoms with Crippen LogP contribution in [0.25, 0.3) is 0 Å². The van der Waals surface area contributed by atoms with Crippen LogP contribution in [0.1, 0.15) is 43.0 Å². The molecule has 0 saturated carbocycles. The smallest absolute Gasteiger partial charge is 0.129 e. The fraction of sp³-hybridized carbons (Fsp3) is 0.455. The van der Waals surface area contributed by atoms with Gasteiger partial charge in [0.15, 0.2) is 0 Å². The summed E-state index contributed by atoms with van der Waals surface area (Å²) in [7, 11) is -4.33. The van der Waals surface area contributed by atoms with E-state index in [1.807, 2.05) is 46.8 Å². The van der Waals surface area contributed by atoms with Crippen molar-refractivity contribution in [1.29, 1.82) is 0 Å². The van der Waals surface area contributed by atoms with E-state index < -0.39 is 10.1 Å². The van der Waals surface area contributed by atoms with Crippen LogP contribution >= 0.6 is 0 Å². The van der Waals surface area contributed by atoms with Crippen molar-refractivity contribution in [3.8, 4) is 17.2 Å². The molecule has 0 radical (unpaired) electrons. The molecule has 2 aromatic rings. The Morgan fingerprint density at radius 1 is 0.759 bits per heavy atom. The lowest BCUT2D eigenvalue weighted by Crippen LogP contribution is -2.04. The van der Waals surface area contributed by atoms with Crippen LogP contribution in [0.5, 0.6) is 17.2 Å². The van der Waals surface area contributed by atoms with Crippen molar-refractivity contribution in [1.82, 2.24) is 0 Å². The second-order valence-corrected chi connectivity index (χ2v) is 7.84. The lowest BCUT2D eigenvalue weighted by atomic mass is 10.1. The zero-order valence-corrected chi connectivity index (χ0v) is 19.1. The molecule has 6 nitrogen and oxygen atoms in total. The third-order valence-electron chi connectivity index (χ3n) is 4.05. The molecule has 0 spiro atoms. The molecular weight excluding hydrogens is 392 g/mol. The summed E-state index contributed by atoms with van der Waals surface area (Å²) in [6.07, 6.45) is 0. The molecular formula is C22H31O6S-. The summed E-state index contributed by atoms with van der Waals surface area (Å²) in [5.74, 6) is 2.45. The molecule has 0 fully saturated rings. The average Bonchev–Trinajstić information content (AvgIpc) is 2.58. The monoisotopic (exact) mass is 423 g/mol. The molecule has 0 saturated heterocycles. The van der Waals surface area contributed by atoms with E-state index in [-0.39, 0.29) is 4.90 Å². The molecule has 0 bridgehead atoms. The van der Waals surface area contributed by atoms with Gasteiger partial charge in [-0.3, -0.25) is 0 Å². The summed E-state index contributed by atoms with van der Waals surface area (Å²) in [4.78, 5) is -0.0851. The molecule has 0 aliphatic carbocycles. The Labute approximate surface area is 174 Å². The van der Waals surface area contributed by atoms with Crippen LogP contribution in [0.15, 0.2) is 29.2 Å². The van der Waals surface area contributed by atoms with E-state index >= 15 is 0 Å². The molecule has 2 aromatic carbocycles. The number of benzene rings is 2. The molecule has 29 heavy (non-hydrogen) atoms. The number of aryl methyl sites for hydroxylation is 3. The Morgan fingerprint density at radius 2 is 1.17 bits per heavy atom. The molecule has 2 rings (SSSR count). The predicted octanol–water partition coefficient (Wildman–Crippen LogP) is 4.71. The highest BCUT2D eigenvalue weighted by molar-refractivity contribution is 7.85. The van der Waals surface area contributed by atoms with Crippen LogP contribution in [0.4, 0.5) is 0 Å². The molecule has 0 aliphatic rings. The quantitative estimate of drug-likeness (QED) is 0.600. The van der Waals surface area contributed by atoms with E-state index in [0.717, 1.165) is 28.4 Å². The van der Waals surface area contributed by atoms with E-state index in [2.05, 4.69) is 0 Å². The molecule has 0 atom stereocenters. The second-order valence-electron chi connectivity index (χ2n) is 6.53. The summed E-state index contributed by atoms with van der Waals surface area (Å²) in [5, 5.41) is 0. The first-order chi connectivity index (χ1) is 13.5. The fourth-order valence-corrected chi connectivity index (χ4v) is 3.97. The van der Waals surface area contributed by atoms with Gasteiger partial charge >= 0.3 is 0 Å². The van der Waals surface area contributed by atoms with Crippen LogP contribution in [0, 0.1) is 27.7 Å². The van der Waals surface area contributed by atoms with E-state index in [9.17, 15) is 13.0 Å². The summed E-state index contributed by atoms with van der Waals surface area (Å²) < 4.78 is 49.1. The Bertz CT molecular complexity index is 869. The number of rotatable bonds is 7. The number of ether oxygens (including phenoxy) is 3. The molecule has 162 valence electrons. The Kier molecular flexibility index (Phi) is 9.46. The highest BCUT2D eigenvalue weighted by Gasteiger charge is 2.10. The molecule has 0 amide bonds. The number of hydrogen-bond donors (Lipinski definition) is 0. The van der Waals surface area contributed by atoms with Gasteiger partial charge in [-0.05, 0) is 59.6 Å². The average molecular weight is 424 g/mol. The minimum atomic E-state index is -4.33. The minimum absolute atomic E-state index is 0.0851. The van der Waals surface area contributed by atoms with Gasteiger partial charge in [0.25, 0.3) is 0 Å². The standard InChI is InChI=1S/C13H20O3.C9H12O3S/c1-5-14-11-8-12(15-6-2)10(4)13(9-11)16-7-3;1-6-4-7(2)9(8(3)5-6)13(10,11)12/h8-9H,5-7H2,1-4H3;4-5H,1-3H3,(H,10,11,12)/p-1. The molecule has 0 aliphatic heterocycles. The van der Waals surface area contributed by atoms with Gasteiger partial charge in [-0.15, -0.1) is 0 Å². The zero-order chi connectivity index (χ0) is 22.2. The van der Waals surface area contributed by atoms with Gasteiger partial charge in [0, 0.05) is 17.7 Å². The van der Waals surface area contributed by atoms with Crippen molar-refractivity contribution in [2.24, 2.45) is 0 Å². The third-order valence-corrected chi connectivity index (χ3v) is 5.20. The van der Waals surface area contributed by atoms with Gasteiger partial charge in [0.05, 0.1) is 24.7 Å². The van der Waals surface area contributed by atoms with E-state index in [1.165, 1.54) is 0 Å². The predicted molar refractivity (Wildman–Crippen MR) is 113 cm³/mol. The van der Waals surface area contributed by atoms with Crippen LogP contribution < -0.4 is 14.2 Å². The summed E-state index contributed by atoms with van der Waals surface area (Å²) in [5.41, 5.74) is 3.02. The maximum Gasteiger partial charge on any atom is 0.129 e. The first-order valence-corrected chi connectivity index (χ1v) is 11.0. The molecule has 7 heteroatoms. The Morgan fingerprint density at radius 3 is 1.52 bits per heavy atom. The van der Waals surface area contributed by atoms with E-state index in [0.29, 0.717) is 30.9 Å². The van der Waals surface area contributed by atoms with Crippen LogP contribution in [-0.4, -0.2) is 32.8 Å². The minimum Gasteiger partial charge on any atom is -0.744 e.